The van der Waals surface area contributed by atoms with Crippen LogP contribution in [0.5, 0.6) is 0 Å². The monoisotopic (exact) mass is 226 g/mol. The molecule has 7 nitrogen and oxygen atoms in total. The lowest BCUT2D eigenvalue weighted by molar-refractivity contribution is 0.0906. The molecule has 1 heterocycles. The van der Waals surface area contributed by atoms with Crippen molar-refractivity contribution in [2.45, 2.75) is 25.0 Å². The van der Waals surface area contributed by atoms with Crippen LogP contribution in [-0.2, 0) is 0 Å². The van der Waals surface area contributed by atoms with Crippen molar-refractivity contribution in [2.24, 2.45) is 5.92 Å². The Kier molecular flexibility index (Phi) is 2.88. The van der Waals surface area contributed by atoms with Crippen LogP contribution in [0.3, 0.4) is 0 Å². The van der Waals surface area contributed by atoms with E-state index in [2.05, 4.69) is 9.97 Å². The van der Waals surface area contributed by atoms with E-state index in [-0.39, 0.29) is 24.5 Å². The summed E-state index contributed by atoms with van der Waals surface area (Å²) >= 11 is 0. The van der Waals surface area contributed by atoms with Gasteiger partial charge in [-0.25, -0.2) is 9.78 Å². The van der Waals surface area contributed by atoms with Gasteiger partial charge in [0.1, 0.15) is 6.33 Å². The van der Waals surface area contributed by atoms with Crippen LogP contribution >= 0.6 is 0 Å². The Morgan fingerprint density at radius 1 is 1.56 bits per heavy atom. The van der Waals surface area contributed by atoms with Gasteiger partial charge in [0.25, 0.3) is 0 Å². The number of aliphatic hydroxyl groups excluding tert-OH is 2. The molecule has 7 heteroatoms. The van der Waals surface area contributed by atoms with Crippen molar-refractivity contribution >= 4 is 5.95 Å². The van der Waals surface area contributed by atoms with E-state index in [9.17, 15) is 9.90 Å². The summed E-state index contributed by atoms with van der Waals surface area (Å²) in [5.41, 5.74) is 4.81. The first kappa shape index (κ1) is 11.0. The highest BCUT2D eigenvalue weighted by atomic mass is 16.3. The molecule has 0 aromatic carbocycles. The fourth-order valence-electron chi connectivity index (χ4n) is 2.10. The molecule has 0 radical (unpaired) electrons. The number of aliphatic hydroxyl groups is 2. The van der Waals surface area contributed by atoms with Crippen molar-refractivity contribution in [3.05, 3.63) is 16.8 Å². The lowest BCUT2D eigenvalue weighted by Gasteiger charge is -2.11. The first-order chi connectivity index (χ1) is 7.61. The molecule has 1 saturated carbocycles. The molecule has 0 aliphatic heterocycles. The highest BCUT2D eigenvalue weighted by Gasteiger charge is 2.34. The zero-order valence-corrected chi connectivity index (χ0v) is 8.65. The summed E-state index contributed by atoms with van der Waals surface area (Å²) in [5.74, 6) is -0.243. The Balaban J connectivity index is 2.23. The van der Waals surface area contributed by atoms with E-state index in [1.165, 1.54) is 10.9 Å². The summed E-state index contributed by atoms with van der Waals surface area (Å²) in [4.78, 5) is 18.8. The SMILES string of the molecule is Nc1ncn([C@@H]2C[C@H](CO)[C@H](O)C2)c(=O)n1. The highest BCUT2D eigenvalue weighted by Crippen LogP contribution is 2.33. The van der Waals surface area contributed by atoms with Crippen LogP contribution in [0.4, 0.5) is 5.95 Å². The number of anilines is 1. The smallest absolute Gasteiger partial charge is 0.352 e. The number of aromatic nitrogens is 3. The predicted octanol–water partition coefficient (Wildman–Crippen LogP) is -1.48. The molecule has 1 aliphatic carbocycles. The van der Waals surface area contributed by atoms with E-state index < -0.39 is 11.8 Å². The summed E-state index contributed by atoms with van der Waals surface area (Å²) in [7, 11) is 0. The lowest BCUT2D eigenvalue weighted by atomic mass is 10.1. The van der Waals surface area contributed by atoms with E-state index in [0.29, 0.717) is 12.8 Å². The summed E-state index contributed by atoms with van der Waals surface area (Å²) < 4.78 is 1.36. The number of hydrogen-bond acceptors (Lipinski definition) is 6. The topological polar surface area (TPSA) is 114 Å². The van der Waals surface area contributed by atoms with Gasteiger partial charge in [-0.1, -0.05) is 0 Å². The number of rotatable bonds is 2. The standard InChI is InChI=1S/C9H14N4O3/c10-8-11-4-13(9(16)12-8)6-1-5(3-14)7(15)2-6/h4-7,14-15H,1-3H2,(H2,10,12,16)/t5-,6-,7-/m1/s1. The molecule has 3 atom stereocenters. The second-order valence-electron chi connectivity index (χ2n) is 4.04. The van der Waals surface area contributed by atoms with Crippen molar-refractivity contribution in [3.8, 4) is 0 Å². The summed E-state index contributed by atoms with van der Waals surface area (Å²) in [6, 6.07) is -0.166. The van der Waals surface area contributed by atoms with Gasteiger partial charge in [0.2, 0.25) is 5.95 Å². The average molecular weight is 226 g/mol. The van der Waals surface area contributed by atoms with Gasteiger partial charge in [0, 0.05) is 18.6 Å². The fraction of sp³-hybridized carbons (Fsp3) is 0.667. The van der Waals surface area contributed by atoms with Crippen LogP contribution in [0.2, 0.25) is 0 Å². The lowest BCUT2D eigenvalue weighted by Crippen LogP contribution is -2.27. The summed E-state index contributed by atoms with van der Waals surface area (Å²) in [6.45, 7) is -0.0811. The molecule has 4 N–H and O–H groups in total. The molecule has 88 valence electrons. The van der Waals surface area contributed by atoms with E-state index in [1.807, 2.05) is 0 Å². The Hall–Kier alpha value is -1.47. The van der Waals surface area contributed by atoms with Crippen molar-refractivity contribution in [3.63, 3.8) is 0 Å². The van der Waals surface area contributed by atoms with Crippen molar-refractivity contribution in [1.29, 1.82) is 0 Å². The number of nitrogens with zero attached hydrogens (tertiary/aromatic N) is 3. The predicted molar refractivity (Wildman–Crippen MR) is 55.6 cm³/mol. The van der Waals surface area contributed by atoms with Gasteiger partial charge in [0.15, 0.2) is 0 Å². The minimum atomic E-state index is -0.584. The van der Waals surface area contributed by atoms with Gasteiger partial charge in [-0.2, -0.15) is 4.98 Å². The summed E-state index contributed by atoms with van der Waals surface area (Å²) in [6.07, 6.45) is 1.73. The van der Waals surface area contributed by atoms with Crippen molar-refractivity contribution in [2.75, 3.05) is 12.3 Å². The summed E-state index contributed by atoms with van der Waals surface area (Å²) in [5, 5.41) is 18.6. The normalized spacial score (nSPS) is 29.5. The van der Waals surface area contributed by atoms with Gasteiger partial charge >= 0.3 is 5.69 Å². The number of nitrogens with two attached hydrogens (primary N) is 1. The number of hydrogen-bond donors (Lipinski definition) is 3. The Labute approximate surface area is 91.6 Å². The zero-order chi connectivity index (χ0) is 11.7. The first-order valence-corrected chi connectivity index (χ1v) is 5.11. The van der Waals surface area contributed by atoms with Crippen LogP contribution in [0.15, 0.2) is 11.1 Å². The molecule has 1 aromatic rings. The van der Waals surface area contributed by atoms with E-state index in [1.54, 1.807) is 0 Å². The second kappa shape index (κ2) is 4.18. The maximum atomic E-state index is 11.5. The van der Waals surface area contributed by atoms with E-state index >= 15 is 0 Å². The average Bonchev–Trinajstić information content (AvgIpc) is 2.59. The minimum Gasteiger partial charge on any atom is -0.396 e. The Morgan fingerprint density at radius 2 is 2.31 bits per heavy atom. The van der Waals surface area contributed by atoms with Crippen molar-refractivity contribution < 1.29 is 10.2 Å². The van der Waals surface area contributed by atoms with Gasteiger partial charge in [-0.05, 0) is 12.8 Å². The third-order valence-corrected chi connectivity index (χ3v) is 3.01. The molecular weight excluding hydrogens is 212 g/mol. The van der Waals surface area contributed by atoms with Gasteiger partial charge in [-0.15, -0.1) is 0 Å². The number of nitrogen functional groups attached to an aromatic ring is 1. The molecule has 1 fully saturated rings. The first-order valence-electron chi connectivity index (χ1n) is 5.11. The quantitative estimate of drug-likeness (QED) is 0.567. The minimum absolute atomic E-state index is 0.0569. The molecular formula is C9H14N4O3. The van der Waals surface area contributed by atoms with Crippen LogP contribution < -0.4 is 11.4 Å². The van der Waals surface area contributed by atoms with Gasteiger partial charge < -0.3 is 15.9 Å². The molecule has 16 heavy (non-hydrogen) atoms. The zero-order valence-electron chi connectivity index (χ0n) is 8.65. The van der Waals surface area contributed by atoms with Crippen molar-refractivity contribution in [1.82, 2.24) is 14.5 Å². The van der Waals surface area contributed by atoms with Crippen LogP contribution in [0.25, 0.3) is 0 Å². The third kappa shape index (κ3) is 1.91. The van der Waals surface area contributed by atoms with E-state index in [0.717, 1.165) is 0 Å². The largest absolute Gasteiger partial charge is 0.396 e. The van der Waals surface area contributed by atoms with Crippen LogP contribution in [0.1, 0.15) is 18.9 Å². The molecule has 0 saturated heterocycles. The Morgan fingerprint density at radius 3 is 2.88 bits per heavy atom. The maximum absolute atomic E-state index is 11.5. The molecule has 0 bridgehead atoms. The van der Waals surface area contributed by atoms with Crippen LogP contribution in [0, 0.1) is 5.92 Å². The third-order valence-electron chi connectivity index (χ3n) is 3.01. The molecule has 0 spiro atoms. The molecule has 1 aliphatic rings. The van der Waals surface area contributed by atoms with Gasteiger partial charge in [-0.3, -0.25) is 4.57 Å². The molecule has 0 amide bonds. The molecule has 0 unspecified atom stereocenters. The Bertz CT molecular complexity index is 433. The maximum Gasteiger partial charge on any atom is 0.352 e. The highest BCUT2D eigenvalue weighted by molar-refractivity contribution is 5.10. The van der Waals surface area contributed by atoms with Gasteiger partial charge in [0.05, 0.1) is 6.10 Å². The molecule has 1 aromatic heterocycles. The van der Waals surface area contributed by atoms with E-state index in [4.69, 9.17) is 10.8 Å². The molecule has 2 rings (SSSR count). The second-order valence-corrected chi connectivity index (χ2v) is 4.04. The fourth-order valence-corrected chi connectivity index (χ4v) is 2.10. The van der Waals surface area contributed by atoms with Crippen LogP contribution in [-0.4, -0.2) is 37.5 Å².